The molecule has 0 spiro atoms. The van der Waals surface area contributed by atoms with Gasteiger partial charge in [0.2, 0.25) is 0 Å². The molecule has 0 aliphatic carbocycles. The van der Waals surface area contributed by atoms with Crippen molar-refractivity contribution in [3.63, 3.8) is 0 Å². The summed E-state index contributed by atoms with van der Waals surface area (Å²) >= 11 is 0. The van der Waals surface area contributed by atoms with Crippen LogP contribution in [0.25, 0.3) is 11.3 Å². The highest BCUT2D eigenvalue weighted by Gasteiger charge is 2.22. The van der Waals surface area contributed by atoms with E-state index >= 15 is 4.39 Å². The minimum atomic E-state index is -0.842. The molecule has 1 atom stereocenters. The Balaban J connectivity index is 1.77. The van der Waals surface area contributed by atoms with Gasteiger partial charge in [0.05, 0.1) is 24.4 Å². The molecule has 2 aromatic heterocycles. The first-order chi connectivity index (χ1) is 17.9. The Labute approximate surface area is 219 Å². The number of hydrogen-bond acceptors (Lipinski definition) is 7. The van der Waals surface area contributed by atoms with Crippen molar-refractivity contribution < 1.29 is 28.2 Å². The van der Waals surface area contributed by atoms with Gasteiger partial charge in [0, 0.05) is 31.9 Å². The van der Waals surface area contributed by atoms with Crippen LogP contribution in [0.15, 0.2) is 42.7 Å². The summed E-state index contributed by atoms with van der Waals surface area (Å²) in [5.41, 5.74) is 0.341. The second-order valence-electron chi connectivity index (χ2n) is 9.66. The number of nitrogens with zero attached hydrogens (tertiary/aromatic N) is 3. The molecule has 4 N–H and O–H groups in total. The Morgan fingerprint density at radius 2 is 1.97 bits per heavy atom. The van der Waals surface area contributed by atoms with Gasteiger partial charge >= 0.3 is 6.09 Å². The van der Waals surface area contributed by atoms with Crippen molar-refractivity contribution in [2.45, 2.75) is 38.8 Å². The summed E-state index contributed by atoms with van der Waals surface area (Å²) in [6.07, 6.45) is 2.72. The maximum absolute atomic E-state index is 15.0. The Hall–Kier alpha value is -4.06. The Bertz CT molecular complexity index is 1270. The lowest BCUT2D eigenvalue weighted by Crippen LogP contribution is -2.47. The first-order valence-electron chi connectivity index (χ1n) is 12.0. The lowest BCUT2D eigenvalue weighted by molar-refractivity contribution is 0.0480. The van der Waals surface area contributed by atoms with Crippen LogP contribution in [0, 0.1) is 11.6 Å². The van der Waals surface area contributed by atoms with Crippen LogP contribution in [0.3, 0.4) is 0 Å². The molecule has 10 nitrogen and oxygen atoms in total. The van der Waals surface area contributed by atoms with E-state index in [1.165, 1.54) is 23.0 Å². The van der Waals surface area contributed by atoms with Crippen molar-refractivity contribution in [1.29, 1.82) is 0 Å². The van der Waals surface area contributed by atoms with Gasteiger partial charge < -0.3 is 25.8 Å². The van der Waals surface area contributed by atoms with Gasteiger partial charge in [-0.15, -0.1) is 0 Å². The number of carbonyl (C=O) groups excluding carboxylic acids is 2. The molecular weight excluding hydrogens is 498 g/mol. The second kappa shape index (κ2) is 12.5. The fraction of sp³-hybridized carbons (Fsp3) is 0.385. The molecule has 0 aliphatic heterocycles. The lowest BCUT2D eigenvalue weighted by atomic mass is 10.1. The highest BCUT2D eigenvalue weighted by Crippen LogP contribution is 2.25. The highest BCUT2D eigenvalue weighted by atomic mass is 19.1. The van der Waals surface area contributed by atoms with Crippen molar-refractivity contribution in [2.75, 3.05) is 25.0 Å². The number of rotatable bonds is 10. The zero-order chi connectivity index (χ0) is 27.9. The van der Waals surface area contributed by atoms with E-state index in [2.05, 4.69) is 26.0 Å². The van der Waals surface area contributed by atoms with Crippen LogP contribution in [0.4, 0.5) is 19.4 Å². The number of aryl methyl sites for hydroxylation is 1. The number of anilines is 1. The summed E-state index contributed by atoms with van der Waals surface area (Å²) in [7, 11) is 1.68. The number of pyridine rings is 1. The zero-order valence-electron chi connectivity index (χ0n) is 21.7. The normalized spacial score (nSPS) is 12.1. The number of carbonyl (C=O) groups is 2. The molecule has 0 fully saturated rings. The fourth-order valence-electron chi connectivity index (χ4n) is 3.51. The third kappa shape index (κ3) is 8.23. The third-order valence-electron chi connectivity index (χ3n) is 5.24. The summed E-state index contributed by atoms with van der Waals surface area (Å²) in [4.78, 5) is 29.4. The minimum Gasteiger partial charge on any atom is -0.444 e. The number of aromatic nitrogens is 3. The van der Waals surface area contributed by atoms with Crippen LogP contribution in [-0.2, 0) is 18.2 Å². The number of amides is 2. The van der Waals surface area contributed by atoms with Crippen molar-refractivity contribution in [3.8, 4) is 11.3 Å². The Morgan fingerprint density at radius 1 is 1.21 bits per heavy atom. The predicted molar refractivity (Wildman–Crippen MR) is 138 cm³/mol. The van der Waals surface area contributed by atoms with Gasteiger partial charge in [-0.25, -0.2) is 18.6 Å². The molecule has 12 heteroatoms. The number of alkyl carbamates (subject to hydrolysis) is 1. The predicted octanol–water partition coefficient (Wildman–Crippen LogP) is 3.03. The molecule has 38 heavy (non-hydrogen) atoms. The second-order valence-corrected chi connectivity index (χ2v) is 9.66. The Morgan fingerprint density at radius 3 is 2.61 bits per heavy atom. The highest BCUT2D eigenvalue weighted by molar-refractivity contribution is 5.99. The first kappa shape index (κ1) is 28.5. The van der Waals surface area contributed by atoms with Gasteiger partial charge in [-0.05, 0) is 51.0 Å². The van der Waals surface area contributed by atoms with E-state index in [0.29, 0.717) is 12.0 Å². The fourth-order valence-corrected chi connectivity index (χ4v) is 3.51. The van der Waals surface area contributed by atoms with Crippen molar-refractivity contribution in [3.05, 3.63) is 65.5 Å². The van der Waals surface area contributed by atoms with Crippen LogP contribution >= 0.6 is 0 Å². The van der Waals surface area contributed by atoms with E-state index in [9.17, 15) is 19.1 Å². The molecule has 0 aliphatic rings. The van der Waals surface area contributed by atoms with Crippen LogP contribution < -0.4 is 16.0 Å². The van der Waals surface area contributed by atoms with Crippen molar-refractivity contribution in [1.82, 2.24) is 25.4 Å². The smallest absolute Gasteiger partial charge is 0.408 e. The van der Waals surface area contributed by atoms with Crippen LogP contribution in [0.2, 0.25) is 0 Å². The maximum Gasteiger partial charge on any atom is 0.408 e. The average molecular weight is 531 g/mol. The number of halogens is 2. The number of nitrogens with one attached hydrogen (secondary N) is 3. The molecular formula is C26H32F2N6O4. The molecule has 1 aromatic carbocycles. The summed E-state index contributed by atoms with van der Waals surface area (Å²) < 4.78 is 35.2. The quantitative estimate of drug-likeness (QED) is 0.317. The van der Waals surface area contributed by atoms with E-state index in [1.807, 2.05) is 0 Å². The molecule has 2 heterocycles. The third-order valence-corrected chi connectivity index (χ3v) is 5.24. The standard InChI is InChI=1S/C26H32F2N6O4/c1-26(2,3)38-25(37)32-19(15-35)13-30-24(36)20-11-21(28)22(17-12-31-34(4)14-17)33-23(20)29-9-8-16-6-5-7-18(27)10-16/h5-7,10-12,14,19,35H,8-9,13,15H2,1-4H3,(H,29,33)(H,30,36)(H,32,37)/t19-/m1/s1. The van der Waals surface area contributed by atoms with Gasteiger partial charge in [0.1, 0.15) is 22.9 Å². The van der Waals surface area contributed by atoms with E-state index in [0.717, 1.165) is 11.6 Å². The molecule has 0 saturated carbocycles. The number of ether oxygens (including phenoxy) is 1. The van der Waals surface area contributed by atoms with E-state index < -0.39 is 36.1 Å². The van der Waals surface area contributed by atoms with Gasteiger partial charge in [-0.2, -0.15) is 5.10 Å². The molecule has 3 aromatic rings. The van der Waals surface area contributed by atoms with Gasteiger partial charge in [-0.3, -0.25) is 9.48 Å². The average Bonchev–Trinajstić information content (AvgIpc) is 3.27. The summed E-state index contributed by atoms with van der Waals surface area (Å²) in [6, 6.07) is 6.34. The number of hydrogen-bond donors (Lipinski definition) is 4. The SMILES string of the molecule is Cn1cc(-c2nc(NCCc3cccc(F)c3)c(C(=O)NC[C@H](CO)NC(=O)OC(C)(C)C)cc2F)cn1. The van der Waals surface area contributed by atoms with Gasteiger partial charge in [0.25, 0.3) is 5.91 Å². The first-order valence-corrected chi connectivity index (χ1v) is 12.0. The summed E-state index contributed by atoms with van der Waals surface area (Å²) in [6.45, 7) is 4.76. The van der Waals surface area contributed by atoms with E-state index in [4.69, 9.17) is 4.74 Å². The van der Waals surface area contributed by atoms with Crippen LogP contribution in [-0.4, -0.2) is 63.2 Å². The van der Waals surface area contributed by atoms with Gasteiger partial charge in [-0.1, -0.05) is 12.1 Å². The molecule has 2 amide bonds. The van der Waals surface area contributed by atoms with E-state index in [-0.39, 0.29) is 36.0 Å². The Kier molecular flexibility index (Phi) is 9.35. The number of aliphatic hydroxyl groups excluding tert-OH is 1. The molecule has 0 radical (unpaired) electrons. The maximum atomic E-state index is 15.0. The molecule has 0 bridgehead atoms. The summed E-state index contributed by atoms with van der Waals surface area (Å²) in [5.74, 6) is -1.66. The van der Waals surface area contributed by atoms with Crippen molar-refractivity contribution in [2.24, 2.45) is 7.05 Å². The minimum absolute atomic E-state index is 0.00253. The largest absolute Gasteiger partial charge is 0.444 e. The molecule has 0 unspecified atom stereocenters. The van der Waals surface area contributed by atoms with Crippen molar-refractivity contribution >= 4 is 17.8 Å². The zero-order valence-corrected chi connectivity index (χ0v) is 21.7. The molecule has 204 valence electrons. The molecule has 0 saturated heterocycles. The summed E-state index contributed by atoms with van der Waals surface area (Å²) in [5, 5.41) is 21.8. The number of aliphatic hydroxyl groups is 1. The molecule has 3 rings (SSSR count). The monoisotopic (exact) mass is 530 g/mol. The van der Waals surface area contributed by atoms with Crippen LogP contribution in [0.5, 0.6) is 0 Å². The topological polar surface area (TPSA) is 130 Å². The van der Waals surface area contributed by atoms with Gasteiger partial charge in [0.15, 0.2) is 5.82 Å². The lowest BCUT2D eigenvalue weighted by Gasteiger charge is -2.23. The van der Waals surface area contributed by atoms with Crippen LogP contribution in [0.1, 0.15) is 36.7 Å². The number of benzene rings is 1. The van der Waals surface area contributed by atoms with E-state index in [1.54, 1.807) is 46.1 Å².